The van der Waals surface area contributed by atoms with E-state index in [9.17, 15) is 8.78 Å². The summed E-state index contributed by atoms with van der Waals surface area (Å²) in [5, 5.41) is 9.03. The number of hydrogen-bond acceptors (Lipinski definition) is 2. The second-order valence-corrected chi connectivity index (χ2v) is 4.47. The van der Waals surface area contributed by atoms with Crippen LogP contribution >= 0.6 is 0 Å². The molecule has 14 heavy (non-hydrogen) atoms. The minimum absolute atomic E-state index is 0. The maximum Gasteiger partial charge on any atom is 0.261 e. The molecule has 1 aliphatic heterocycles. The number of nitrogens with zero attached hydrogens (tertiary/aromatic N) is 1. The van der Waals surface area contributed by atoms with Crippen LogP contribution in [-0.4, -0.2) is 42.2 Å². The molecule has 0 unspecified atom stereocenters. The fourth-order valence-electron chi connectivity index (χ4n) is 1.96. The molecule has 2 nitrogen and oxygen atoms in total. The molecular weight excluding hydrogens is 195 g/mol. The first-order valence-corrected chi connectivity index (χ1v) is 4.76. The molecule has 0 amide bonds. The third-order valence-corrected chi connectivity index (χ3v) is 3.10. The van der Waals surface area contributed by atoms with Gasteiger partial charge in [-0.15, -0.1) is 0 Å². The Labute approximate surface area is 81.3 Å². The average molecular weight is 211 g/mol. The molecule has 0 aromatic heterocycles. The SMILES string of the molecule is F.OCC1(CN2CCC(F)(F)C2)CC1. The summed E-state index contributed by atoms with van der Waals surface area (Å²) in [6.07, 6.45) is 1.96. The van der Waals surface area contributed by atoms with Crippen molar-refractivity contribution >= 4 is 0 Å². The van der Waals surface area contributed by atoms with Crippen LogP contribution in [0.15, 0.2) is 0 Å². The maximum atomic E-state index is 12.8. The molecule has 2 fully saturated rings. The Balaban J connectivity index is 0.000000980. The van der Waals surface area contributed by atoms with E-state index in [2.05, 4.69) is 0 Å². The summed E-state index contributed by atoms with van der Waals surface area (Å²) in [7, 11) is 0. The molecular formula is C9H16F3NO. The molecule has 1 heterocycles. The van der Waals surface area contributed by atoms with Crippen molar-refractivity contribution in [3.8, 4) is 0 Å². The van der Waals surface area contributed by atoms with Gasteiger partial charge >= 0.3 is 0 Å². The van der Waals surface area contributed by atoms with Gasteiger partial charge in [0.25, 0.3) is 5.92 Å². The lowest BCUT2D eigenvalue weighted by atomic mass is 10.1. The highest BCUT2D eigenvalue weighted by atomic mass is 19.3. The molecule has 0 aromatic rings. The first-order valence-electron chi connectivity index (χ1n) is 4.76. The highest BCUT2D eigenvalue weighted by molar-refractivity contribution is 4.97. The zero-order chi connectivity index (χ0) is 9.53. The van der Waals surface area contributed by atoms with E-state index in [1.807, 2.05) is 0 Å². The Morgan fingerprint density at radius 2 is 1.86 bits per heavy atom. The molecule has 0 bridgehead atoms. The van der Waals surface area contributed by atoms with Gasteiger partial charge in [0.1, 0.15) is 0 Å². The van der Waals surface area contributed by atoms with Crippen LogP contribution in [0.4, 0.5) is 13.5 Å². The van der Waals surface area contributed by atoms with Crippen LogP contribution in [0.2, 0.25) is 0 Å². The summed E-state index contributed by atoms with van der Waals surface area (Å²) in [5.74, 6) is -2.49. The second-order valence-electron chi connectivity index (χ2n) is 4.47. The normalized spacial score (nSPS) is 28.5. The van der Waals surface area contributed by atoms with Crippen molar-refractivity contribution in [1.82, 2.24) is 4.90 Å². The third-order valence-electron chi connectivity index (χ3n) is 3.10. The van der Waals surface area contributed by atoms with Gasteiger partial charge in [0.15, 0.2) is 0 Å². The molecule has 0 atom stereocenters. The van der Waals surface area contributed by atoms with Gasteiger partial charge in [-0.1, -0.05) is 0 Å². The second kappa shape index (κ2) is 3.70. The molecule has 2 rings (SSSR count). The number of halogens is 3. The Kier molecular flexibility index (Phi) is 3.11. The maximum absolute atomic E-state index is 12.8. The first-order chi connectivity index (χ1) is 6.05. The van der Waals surface area contributed by atoms with Crippen molar-refractivity contribution in [2.75, 3.05) is 26.2 Å². The van der Waals surface area contributed by atoms with Gasteiger partial charge in [0.05, 0.1) is 6.54 Å². The quantitative estimate of drug-likeness (QED) is 0.759. The number of likely N-dealkylation sites (tertiary alicyclic amines) is 1. The monoisotopic (exact) mass is 211 g/mol. The van der Waals surface area contributed by atoms with Gasteiger partial charge < -0.3 is 5.11 Å². The van der Waals surface area contributed by atoms with Crippen LogP contribution in [0.3, 0.4) is 0 Å². The lowest BCUT2D eigenvalue weighted by Gasteiger charge is -2.21. The highest BCUT2D eigenvalue weighted by Gasteiger charge is 2.47. The Bertz CT molecular complexity index is 206. The van der Waals surface area contributed by atoms with Crippen molar-refractivity contribution in [3.63, 3.8) is 0 Å². The summed E-state index contributed by atoms with van der Waals surface area (Å²) >= 11 is 0. The lowest BCUT2D eigenvalue weighted by molar-refractivity contribution is 0.00910. The molecule has 1 aliphatic carbocycles. The van der Waals surface area contributed by atoms with Crippen LogP contribution in [-0.2, 0) is 0 Å². The average Bonchev–Trinajstić information content (AvgIpc) is 2.74. The van der Waals surface area contributed by atoms with Crippen LogP contribution in [0.1, 0.15) is 19.3 Å². The van der Waals surface area contributed by atoms with Crippen molar-refractivity contribution in [2.45, 2.75) is 25.2 Å². The Hall–Kier alpha value is -0.290. The smallest absolute Gasteiger partial charge is 0.261 e. The third kappa shape index (κ3) is 2.39. The highest BCUT2D eigenvalue weighted by Crippen LogP contribution is 2.46. The number of rotatable bonds is 3. The molecule has 1 N–H and O–H groups in total. The fraction of sp³-hybridized carbons (Fsp3) is 1.00. The van der Waals surface area contributed by atoms with Crippen LogP contribution < -0.4 is 0 Å². The summed E-state index contributed by atoms with van der Waals surface area (Å²) < 4.78 is 25.6. The van der Waals surface area contributed by atoms with Gasteiger partial charge in [-0.2, -0.15) is 0 Å². The van der Waals surface area contributed by atoms with E-state index in [1.165, 1.54) is 0 Å². The van der Waals surface area contributed by atoms with Gasteiger partial charge in [-0.05, 0) is 12.8 Å². The topological polar surface area (TPSA) is 23.5 Å². The van der Waals surface area contributed by atoms with Crippen LogP contribution in [0.25, 0.3) is 0 Å². The number of aliphatic hydroxyl groups is 1. The number of hydrogen-bond donors (Lipinski definition) is 1. The minimum atomic E-state index is -2.49. The molecule has 1 saturated carbocycles. The molecule has 2 aliphatic rings. The number of alkyl halides is 2. The summed E-state index contributed by atoms with van der Waals surface area (Å²) in [6, 6.07) is 0. The Morgan fingerprint density at radius 3 is 2.21 bits per heavy atom. The molecule has 84 valence electrons. The van der Waals surface area contributed by atoms with E-state index < -0.39 is 5.92 Å². The molecule has 1 saturated heterocycles. The van der Waals surface area contributed by atoms with Crippen LogP contribution in [0, 0.1) is 5.41 Å². The molecule has 0 spiro atoms. The zero-order valence-electron chi connectivity index (χ0n) is 8.01. The van der Waals surface area contributed by atoms with E-state index in [0.717, 1.165) is 12.8 Å². The largest absolute Gasteiger partial charge is 0.396 e. The van der Waals surface area contributed by atoms with Crippen molar-refractivity contribution in [3.05, 3.63) is 0 Å². The van der Waals surface area contributed by atoms with E-state index in [0.29, 0.717) is 13.1 Å². The van der Waals surface area contributed by atoms with Crippen LogP contribution in [0.5, 0.6) is 0 Å². The van der Waals surface area contributed by atoms with E-state index in [1.54, 1.807) is 4.90 Å². The Morgan fingerprint density at radius 1 is 1.21 bits per heavy atom. The van der Waals surface area contributed by atoms with Crippen molar-refractivity contribution in [1.29, 1.82) is 0 Å². The van der Waals surface area contributed by atoms with E-state index in [-0.39, 0.29) is 29.7 Å². The van der Waals surface area contributed by atoms with Gasteiger partial charge in [-0.25, -0.2) is 8.78 Å². The van der Waals surface area contributed by atoms with E-state index >= 15 is 0 Å². The fourth-order valence-corrected chi connectivity index (χ4v) is 1.96. The summed E-state index contributed by atoms with van der Waals surface area (Å²) in [4.78, 5) is 1.78. The minimum Gasteiger partial charge on any atom is -0.396 e. The van der Waals surface area contributed by atoms with Gasteiger partial charge in [0.2, 0.25) is 0 Å². The first kappa shape index (κ1) is 11.8. The van der Waals surface area contributed by atoms with Crippen molar-refractivity contribution < 1.29 is 18.6 Å². The zero-order valence-corrected chi connectivity index (χ0v) is 8.01. The number of aliphatic hydroxyl groups excluding tert-OH is 1. The molecule has 0 aromatic carbocycles. The van der Waals surface area contributed by atoms with E-state index in [4.69, 9.17) is 5.11 Å². The summed E-state index contributed by atoms with van der Waals surface area (Å²) in [5.41, 5.74) is -0.0274. The molecule has 5 heteroatoms. The van der Waals surface area contributed by atoms with Gasteiger partial charge in [0, 0.05) is 31.5 Å². The molecule has 0 radical (unpaired) electrons. The summed E-state index contributed by atoms with van der Waals surface area (Å²) in [6.45, 7) is 1.16. The predicted molar refractivity (Wildman–Crippen MR) is 47.3 cm³/mol. The van der Waals surface area contributed by atoms with Gasteiger partial charge in [-0.3, -0.25) is 9.60 Å². The predicted octanol–water partition coefficient (Wildman–Crippen LogP) is 1.25. The lowest BCUT2D eigenvalue weighted by Crippen LogP contribution is -2.32. The standard InChI is InChI=1S/C9H15F2NO.FH/c10-9(11)3-4-12(6-9)5-8(7-13)1-2-8;/h13H,1-7H2;1H. The van der Waals surface area contributed by atoms with Crippen molar-refractivity contribution in [2.24, 2.45) is 5.41 Å².